The lowest BCUT2D eigenvalue weighted by Crippen LogP contribution is -2.23. The van der Waals surface area contributed by atoms with E-state index >= 15 is 0 Å². The van der Waals surface area contributed by atoms with Crippen molar-refractivity contribution >= 4 is 45.5 Å². The van der Waals surface area contributed by atoms with E-state index in [1.165, 1.54) is 238 Å². The molecule has 2 aliphatic carbocycles. The van der Waals surface area contributed by atoms with E-state index in [1.807, 2.05) is 0 Å². The van der Waals surface area contributed by atoms with Crippen molar-refractivity contribution in [3.8, 4) is 0 Å². The van der Waals surface area contributed by atoms with Crippen molar-refractivity contribution in [3.63, 3.8) is 0 Å². The van der Waals surface area contributed by atoms with Crippen LogP contribution in [0.2, 0.25) is 0 Å². The topological polar surface area (TPSA) is 96.2 Å². The third-order valence-electron chi connectivity index (χ3n) is 19.0. The van der Waals surface area contributed by atoms with Gasteiger partial charge in [-0.2, -0.15) is 0 Å². The Morgan fingerprint density at radius 3 is 0.811 bits per heavy atom. The number of benzene rings is 4. The molecule has 0 saturated heterocycles. The first-order chi connectivity index (χ1) is 43.4. The zero-order valence-corrected chi connectivity index (χ0v) is 61.4. The summed E-state index contributed by atoms with van der Waals surface area (Å²) in [5.74, 6) is 3.13. The van der Waals surface area contributed by atoms with Crippen LogP contribution in [0.3, 0.4) is 0 Å². The smallest absolute Gasteiger partial charge is 0.0343 e. The number of rotatable bonds is 40. The fourth-order valence-corrected chi connectivity index (χ4v) is 12.4. The second-order valence-corrected chi connectivity index (χ2v) is 29.1. The average molecular weight is 1240 g/mol. The van der Waals surface area contributed by atoms with Crippen molar-refractivity contribution < 1.29 is 0 Å². The maximum atomic E-state index is 3.70. The van der Waals surface area contributed by atoms with Gasteiger partial charge >= 0.3 is 0 Å². The van der Waals surface area contributed by atoms with Crippen LogP contribution in [0.5, 0.6) is 0 Å². The molecule has 2 aliphatic rings. The van der Waals surface area contributed by atoms with Gasteiger partial charge in [-0.15, -0.1) is 0 Å². The maximum absolute atomic E-state index is 3.70. The lowest BCUT2D eigenvalue weighted by atomic mass is 9.95. The monoisotopic (exact) mass is 1240 g/mol. The predicted molar refractivity (Wildman–Crippen MR) is 408 cm³/mol. The second kappa shape index (κ2) is 48.9. The van der Waals surface area contributed by atoms with Gasteiger partial charge in [0.25, 0.3) is 0 Å². The van der Waals surface area contributed by atoms with Crippen LogP contribution < -0.4 is 42.5 Å². The molecule has 8 atom stereocenters. The Kier molecular flexibility index (Phi) is 43.2. The van der Waals surface area contributed by atoms with Gasteiger partial charge in [0.2, 0.25) is 0 Å². The van der Waals surface area contributed by atoms with Gasteiger partial charge in [0.1, 0.15) is 0 Å². The first-order valence-electron chi connectivity index (χ1n) is 38.0. The summed E-state index contributed by atoms with van der Waals surface area (Å²) in [6.45, 7) is 36.6. The van der Waals surface area contributed by atoms with Crippen LogP contribution in [-0.2, 0) is 0 Å². The molecule has 512 valence electrons. The van der Waals surface area contributed by atoms with Crippen LogP contribution in [0, 0.1) is 23.7 Å². The van der Waals surface area contributed by atoms with Crippen LogP contribution in [-0.4, -0.2) is 48.3 Å². The Morgan fingerprint density at radius 2 is 0.556 bits per heavy atom. The molecule has 6 rings (SSSR count). The quantitative estimate of drug-likeness (QED) is 0.0209. The van der Waals surface area contributed by atoms with Gasteiger partial charge in [0.05, 0.1) is 0 Å². The van der Waals surface area contributed by atoms with Crippen LogP contribution in [0.1, 0.15) is 303 Å². The fourth-order valence-electron chi connectivity index (χ4n) is 12.4. The van der Waals surface area contributed by atoms with Crippen molar-refractivity contribution in [2.45, 2.75) is 352 Å². The van der Waals surface area contributed by atoms with E-state index < -0.39 is 0 Å². The molecule has 0 heterocycles. The minimum Gasteiger partial charge on any atom is -0.383 e. The minimum absolute atomic E-state index is 0.533. The lowest BCUT2D eigenvalue weighted by Gasteiger charge is -2.25. The van der Waals surface area contributed by atoms with Gasteiger partial charge in [-0.1, -0.05) is 186 Å². The third kappa shape index (κ3) is 38.3. The predicted octanol–water partition coefficient (Wildman–Crippen LogP) is 25.5. The largest absolute Gasteiger partial charge is 0.383 e. The normalized spacial score (nSPS) is 16.2. The Balaban J connectivity index is 0.000000314. The zero-order chi connectivity index (χ0) is 65.7. The minimum atomic E-state index is 0.533. The molecule has 8 N–H and O–H groups in total. The Hall–Kier alpha value is -4.72. The molecule has 2 saturated carbocycles. The van der Waals surface area contributed by atoms with Gasteiger partial charge in [-0.3, -0.25) is 0 Å². The summed E-state index contributed by atoms with van der Waals surface area (Å²) in [4.78, 5) is 0. The molecule has 2 fully saturated rings. The number of hydrogen-bond donors (Lipinski definition) is 8. The summed E-state index contributed by atoms with van der Waals surface area (Å²) in [6.07, 6.45) is 39.4. The number of hydrogen-bond acceptors (Lipinski definition) is 8. The number of anilines is 8. The van der Waals surface area contributed by atoms with Crippen LogP contribution in [0.15, 0.2) is 97.1 Å². The fraction of sp³-hybridized carbons (Fsp3) is 0.707. The summed E-state index contributed by atoms with van der Waals surface area (Å²) < 4.78 is 0. The van der Waals surface area contributed by atoms with E-state index in [0.29, 0.717) is 48.3 Å². The molecule has 8 unspecified atom stereocenters. The molecule has 90 heavy (non-hydrogen) atoms. The van der Waals surface area contributed by atoms with Crippen LogP contribution in [0.4, 0.5) is 45.5 Å². The van der Waals surface area contributed by atoms with Gasteiger partial charge in [0.15, 0.2) is 0 Å². The zero-order valence-electron chi connectivity index (χ0n) is 61.4. The molecule has 4 aromatic rings. The van der Waals surface area contributed by atoms with E-state index in [4.69, 9.17) is 0 Å². The van der Waals surface area contributed by atoms with Crippen molar-refractivity contribution in [1.29, 1.82) is 0 Å². The van der Waals surface area contributed by atoms with E-state index in [9.17, 15) is 0 Å². The highest BCUT2D eigenvalue weighted by Gasteiger charge is 2.17. The summed E-state index contributed by atoms with van der Waals surface area (Å²) in [5.41, 5.74) is 9.96. The van der Waals surface area contributed by atoms with Gasteiger partial charge in [-0.05, 0) is 238 Å². The number of nitrogens with one attached hydrogen (secondary N) is 8. The van der Waals surface area contributed by atoms with Crippen molar-refractivity contribution in [2.24, 2.45) is 23.7 Å². The van der Waals surface area contributed by atoms with Gasteiger partial charge in [-0.25, -0.2) is 0 Å². The summed E-state index contributed by atoms with van der Waals surface area (Å²) in [6, 6.07) is 40.1. The van der Waals surface area contributed by atoms with Gasteiger partial charge < -0.3 is 42.5 Å². The van der Waals surface area contributed by atoms with Crippen molar-refractivity contribution in [2.75, 3.05) is 42.5 Å². The summed E-state index contributed by atoms with van der Waals surface area (Å²) >= 11 is 0. The Morgan fingerprint density at radius 1 is 0.289 bits per heavy atom. The molecular weight excluding hydrogens is 1100 g/mol. The SMILES string of the molecule is CC(C)CCC(C)Nc1ccc(NC(C)CCC(C)C)cc1.CCC(C)CC(CC)Nc1ccc(NC(CC)CC(C)CC)cc1.CCCCCCC(C)Nc1ccc(NC(C)CCCCCC)cc1.c1cc(NC2CCCCC2)ccc1NC1CCCCC1. The molecule has 0 radical (unpaired) electrons. The molecule has 8 heteroatoms. The Bertz CT molecular complexity index is 2090. The van der Waals surface area contributed by atoms with E-state index in [2.05, 4.69) is 250 Å². The Labute approximate surface area is 557 Å². The first-order valence-corrected chi connectivity index (χ1v) is 38.0. The number of unbranched alkanes of at least 4 members (excludes halogenated alkanes) is 6. The molecule has 0 bridgehead atoms. The molecule has 4 aromatic carbocycles. The molecular formula is C82H144N8. The van der Waals surface area contributed by atoms with Crippen LogP contribution >= 0.6 is 0 Å². The van der Waals surface area contributed by atoms with E-state index in [1.54, 1.807) is 0 Å². The standard InChI is InChI=1S/2C22H40N2.C20H36N2.C18H28N2/c1-7-17(5)15-19(9-3)23-21-11-13-22(14-12-21)24-20(10-4)16-18(6)8-2;1-5-7-9-11-13-19(3)23-21-15-17-22(18-16-21)24-20(4)14-12-10-8-6-2;1-15(2)7-9-17(5)21-19-11-13-20(14-12-19)22-18(6)10-8-16(3)4;1-3-7-15(8-4-1)19-17-11-13-18(14-12-17)20-16-9-5-2-6-10-16/h11-14,17-20,23-24H,7-10,15-16H2,1-6H3;15-20,23-24H,5-14H2,1-4H3;11-18,21-22H,7-10H2,1-6H3;11-16,19-20H,1-10H2. The molecule has 0 spiro atoms. The molecule has 0 amide bonds. The van der Waals surface area contributed by atoms with Crippen molar-refractivity contribution in [3.05, 3.63) is 97.1 Å². The summed E-state index contributed by atoms with van der Waals surface area (Å²) in [7, 11) is 0. The maximum Gasteiger partial charge on any atom is 0.0343 e. The summed E-state index contributed by atoms with van der Waals surface area (Å²) in [5, 5.41) is 29.2. The highest BCUT2D eigenvalue weighted by molar-refractivity contribution is 5.57. The highest BCUT2D eigenvalue weighted by atomic mass is 15.0. The average Bonchev–Trinajstić information content (AvgIpc) is 2.01. The van der Waals surface area contributed by atoms with E-state index in [-0.39, 0.29) is 0 Å². The molecule has 0 aromatic heterocycles. The highest BCUT2D eigenvalue weighted by Crippen LogP contribution is 2.27. The second-order valence-electron chi connectivity index (χ2n) is 29.1. The molecule has 0 aliphatic heterocycles. The van der Waals surface area contributed by atoms with E-state index in [0.717, 1.165) is 23.7 Å². The molecule has 8 nitrogen and oxygen atoms in total. The van der Waals surface area contributed by atoms with Crippen LogP contribution in [0.25, 0.3) is 0 Å². The van der Waals surface area contributed by atoms with Gasteiger partial charge in [0, 0.05) is 93.8 Å². The first kappa shape index (κ1) is 79.5. The lowest BCUT2D eigenvalue weighted by molar-refractivity contribution is 0.461. The van der Waals surface area contributed by atoms with Crippen molar-refractivity contribution in [1.82, 2.24) is 0 Å². The third-order valence-corrected chi connectivity index (χ3v) is 19.0.